The number of anilines is 3. The summed E-state index contributed by atoms with van der Waals surface area (Å²) >= 11 is 0. The van der Waals surface area contributed by atoms with Crippen LogP contribution < -0.4 is 4.90 Å². The average Bonchev–Trinajstić information content (AvgIpc) is 4.10. The predicted octanol–water partition coefficient (Wildman–Crippen LogP) is 16.4. The number of aromatic nitrogens is 1. The van der Waals surface area contributed by atoms with Crippen LogP contribution in [-0.4, -0.2) is 4.57 Å². The first-order valence-corrected chi connectivity index (χ1v) is 23.9. The molecule has 1 aromatic heterocycles. The quantitative estimate of drug-likeness (QED) is 0.172. The zero-order chi connectivity index (χ0) is 44.3. The van der Waals surface area contributed by atoms with E-state index < -0.39 is 10.8 Å². The molecule has 2 heteroatoms. The van der Waals surface area contributed by atoms with Crippen molar-refractivity contribution in [1.82, 2.24) is 4.57 Å². The van der Waals surface area contributed by atoms with Gasteiger partial charge in [-0.05, 0) is 114 Å². The summed E-state index contributed by atoms with van der Waals surface area (Å²) in [7, 11) is 0. The van der Waals surface area contributed by atoms with Gasteiger partial charge in [0, 0.05) is 27.4 Å². The van der Waals surface area contributed by atoms with Crippen molar-refractivity contribution in [2.45, 2.75) is 10.8 Å². The van der Waals surface area contributed by atoms with Crippen molar-refractivity contribution in [2.24, 2.45) is 0 Å². The lowest BCUT2D eigenvalue weighted by molar-refractivity contribution is 0.748. The summed E-state index contributed by atoms with van der Waals surface area (Å²) in [6, 6.07) is 91.9. The molecule has 1 unspecified atom stereocenters. The normalized spacial score (nSPS) is 15.8. The Morgan fingerprint density at radius 3 is 1.54 bits per heavy atom. The molecule has 0 fully saturated rings. The lowest BCUT2D eigenvalue weighted by Gasteiger charge is -2.40. The lowest BCUT2D eigenvalue weighted by atomic mass is 9.65. The number of para-hydroxylation sites is 3. The summed E-state index contributed by atoms with van der Waals surface area (Å²) in [4.78, 5) is 2.59. The molecule has 1 atom stereocenters. The van der Waals surface area contributed by atoms with Gasteiger partial charge in [0.1, 0.15) is 0 Å². The van der Waals surface area contributed by atoms with Gasteiger partial charge in [-0.25, -0.2) is 0 Å². The van der Waals surface area contributed by atoms with E-state index in [1.807, 2.05) is 0 Å². The van der Waals surface area contributed by atoms with E-state index in [0.717, 1.165) is 11.4 Å². The van der Waals surface area contributed by atoms with E-state index in [4.69, 9.17) is 0 Å². The van der Waals surface area contributed by atoms with Crippen LogP contribution in [0.15, 0.2) is 243 Å². The smallest absolute Gasteiger partial charge is 0.0755 e. The highest BCUT2D eigenvalue weighted by Gasteiger charge is 2.54. The third-order valence-electron chi connectivity index (χ3n) is 16.2. The summed E-state index contributed by atoms with van der Waals surface area (Å²) in [6.45, 7) is 0. The molecular weight excluding hydrogens is 821 g/mol. The highest BCUT2D eigenvalue weighted by atomic mass is 15.1. The van der Waals surface area contributed by atoms with Crippen molar-refractivity contribution in [3.8, 4) is 39.1 Å². The van der Waals surface area contributed by atoms with Gasteiger partial charge in [0.25, 0.3) is 0 Å². The molecule has 0 N–H and O–H groups in total. The van der Waals surface area contributed by atoms with E-state index in [1.165, 1.54) is 122 Å². The molecule has 314 valence electrons. The molecular formula is C66H40N2. The minimum atomic E-state index is -0.584. The lowest BCUT2D eigenvalue weighted by Crippen LogP contribution is -2.33. The maximum absolute atomic E-state index is 2.59. The Hall–Kier alpha value is -8.72. The average molecular weight is 861 g/mol. The zero-order valence-electron chi connectivity index (χ0n) is 37.0. The monoisotopic (exact) mass is 860 g/mol. The topological polar surface area (TPSA) is 8.17 Å². The molecule has 16 rings (SSSR count). The molecule has 12 aromatic rings. The van der Waals surface area contributed by atoms with E-state index >= 15 is 0 Å². The van der Waals surface area contributed by atoms with Gasteiger partial charge in [-0.2, -0.15) is 0 Å². The molecule has 0 amide bonds. The van der Waals surface area contributed by atoms with Crippen LogP contribution in [0.4, 0.5) is 17.1 Å². The fourth-order valence-electron chi connectivity index (χ4n) is 13.8. The third kappa shape index (κ3) is 4.22. The Morgan fingerprint density at radius 2 is 0.794 bits per heavy atom. The Labute approximate surface area is 394 Å². The first-order chi connectivity index (χ1) is 33.8. The fourth-order valence-corrected chi connectivity index (χ4v) is 13.8. The van der Waals surface area contributed by atoms with Crippen molar-refractivity contribution >= 4 is 49.6 Å². The van der Waals surface area contributed by atoms with Crippen molar-refractivity contribution in [3.63, 3.8) is 0 Å². The summed E-state index contributed by atoms with van der Waals surface area (Å²) in [6.07, 6.45) is 0. The van der Waals surface area contributed by atoms with Crippen LogP contribution in [0.3, 0.4) is 0 Å². The maximum atomic E-state index is 2.59. The second kappa shape index (κ2) is 13.0. The van der Waals surface area contributed by atoms with Gasteiger partial charge < -0.3 is 9.47 Å². The van der Waals surface area contributed by atoms with Crippen LogP contribution in [0.1, 0.15) is 44.5 Å². The molecule has 0 radical (unpaired) electrons. The summed E-state index contributed by atoms with van der Waals surface area (Å²) in [5.41, 5.74) is 24.5. The van der Waals surface area contributed by atoms with Crippen molar-refractivity contribution in [3.05, 3.63) is 287 Å². The first kappa shape index (κ1) is 36.5. The second-order valence-electron chi connectivity index (χ2n) is 19.0. The summed E-state index contributed by atoms with van der Waals surface area (Å²) in [5, 5.41) is 4.99. The summed E-state index contributed by atoms with van der Waals surface area (Å²) in [5.74, 6) is 0. The first-order valence-electron chi connectivity index (χ1n) is 23.9. The Morgan fingerprint density at radius 1 is 0.309 bits per heavy atom. The number of hydrogen-bond acceptors (Lipinski definition) is 1. The largest absolute Gasteiger partial charge is 0.309 e. The second-order valence-corrected chi connectivity index (χ2v) is 19.0. The number of benzene rings is 11. The van der Waals surface area contributed by atoms with E-state index in [9.17, 15) is 0 Å². The number of nitrogens with zero attached hydrogens (tertiary/aromatic N) is 2. The van der Waals surface area contributed by atoms with E-state index in [2.05, 4.69) is 252 Å². The Bertz CT molecular complexity index is 4140. The minimum Gasteiger partial charge on any atom is -0.309 e. The standard InChI is InChI=1S/C66H40N2/c1-2-20-43-41(18-1)19-15-36-59(43)67(62-37-17-32-56-63(62)50-25-6-11-30-54(50)65(56)51-27-8-3-21-44(51)45-22-4-9-28-52(45)65)42-38-39-47-46-23-5-10-29-53(46)66(58(47)40-42)55-31-12-14-35-61(55)68-60-34-13-7-24-48(60)49-26-16-33-57(66)64(49)68/h1-40H. The highest BCUT2D eigenvalue weighted by molar-refractivity contribution is 6.13. The molecule has 2 nitrogen and oxygen atoms in total. The molecule has 0 saturated carbocycles. The van der Waals surface area contributed by atoms with Crippen molar-refractivity contribution in [2.75, 3.05) is 4.90 Å². The molecule has 4 aliphatic rings. The van der Waals surface area contributed by atoms with Crippen LogP contribution in [0.5, 0.6) is 0 Å². The molecule has 11 aromatic carbocycles. The molecule has 2 heterocycles. The van der Waals surface area contributed by atoms with Gasteiger partial charge in [0.2, 0.25) is 0 Å². The van der Waals surface area contributed by atoms with Crippen LogP contribution in [-0.2, 0) is 10.8 Å². The van der Waals surface area contributed by atoms with Gasteiger partial charge in [0.15, 0.2) is 0 Å². The van der Waals surface area contributed by atoms with Crippen molar-refractivity contribution < 1.29 is 0 Å². The number of rotatable bonds is 3. The van der Waals surface area contributed by atoms with Gasteiger partial charge in [-0.3, -0.25) is 0 Å². The van der Waals surface area contributed by atoms with Crippen LogP contribution >= 0.6 is 0 Å². The third-order valence-corrected chi connectivity index (χ3v) is 16.2. The molecule has 3 aliphatic carbocycles. The minimum absolute atomic E-state index is 0.466. The van der Waals surface area contributed by atoms with Crippen LogP contribution in [0.25, 0.3) is 71.6 Å². The van der Waals surface area contributed by atoms with Crippen molar-refractivity contribution in [1.29, 1.82) is 0 Å². The molecule has 0 saturated heterocycles. The van der Waals surface area contributed by atoms with Gasteiger partial charge in [-0.1, -0.05) is 206 Å². The van der Waals surface area contributed by atoms with Crippen LogP contribution in [0.2, 0.25) is 0 Å². The SMILES string of the molecule is c1ccc2c(c1)-c1ccccc1C21c2ccccc2-c2c(N(c3ccc4c(c3)C3(c5ccccc5-4)c4ccccc4-n4c5ccccc5c5cccc3c54)c3cccc4ccccc34)cccc21. The zero-order valence-corrected chi connectivity index (χ0v) is 37.0. The van der Waals surface area contributed by atoms with E-state index in [1.54, 1.807) is 0 Å². The van der Waals surface area contributed by atoms with Crippen LogP contribution in [0, 0.1) is 0 Å². The predicted molar refractivity (Wildman–Crippen MR) is 280 cm³/mol. The molecule has 2 spiro atoms. The number of hydrogen-bond donors (Lipinski definition) is 0. The van der Waals surface area contributed by atoms with Gasteiger partial charge in [0.05, 0.1) is 38.9 Å². The number of fused-ring (bicyclic) bond motifs is 23. The van der Waals surface area contributed by atoms with E-state index in [0.29, 0.717) is 0 Å². The molecule has 1 aliphatic heterocycles. The van der Waals surface area contributed by atoms with E-state index in [-0.39, 0.29) is 0 Å². The maximum Gasteiger partial charge on any atom is 0.0755 e. The van der Waals surface area contributed by atoms with Gasteiger partial charge in [-0.15, -0.1) is 0 Å². The Kier molecular flexibility index (Phi) is 6.98. The fraction of sp³-hybridized carbons (Fsp3) is 0.0303. The molecule has 68 heavy (non-hydrogen) atoms. The van der Waals surface area contributed by atoms with Gasteiger partial charge >= 0.3 is 0 Å². The highest BCUT2D eigenvalue weighted by Crippen LogP contribution is 2.66. The molecule has 0 bridgehead atoms. The Balaban J connectivity index is 1.03. The summed E-state index contributed by atoms with van der Waals surface area (Å²) < 4.78 is 2.54.